The van der Waals surface area contributed by atoms with E-state index in [0.29, 0.717) is 6.61 Å². The van der Waals surface area contributed by atoms with Crippen LogP contribution in [0.15, 0.2) is 76.2 Å². The van der Waals surface area contributed by atoms with Crippen LogP contribution in [0.4, 0.5) is 5.69 Å². The van der Waals surface area contributed by atoms with Crippen LogP contribution in [0.25, 0.3) is 0 Å². The predicted octanol–water partition coefficient (Wildman–Crippen LogP) is 5.11. The summed E-state index contributed by atoms with van der Waals surface area (Å²) in [6.07, 6.45) is 5.57. The zero-order chi connectivity index (χ0) is 17.5. The van der Waals surface area contributed by atoms with E-state index >= 15 is 0 Å². The van der Waals surface area contributed by atoms with Gasteiger partial charge in [-0.1, -0.05) is 56.1 Å². The number of nitrogens with zero attached hydrogens (tertiary/aromatic N) is 2. The molecule has 130 valence electrons. The Morgan fingerprint density at radius 3 is 2.68 bits per heavy atom. The number of benzene rings is 2. The first-order valence-electron chi connectivity index (χ1n) is 8.01. The topological polar surface area (TPSA) is 39.1 Å². The van der Waals surface area contributed by atoms with Crippen LogP contribution in [0.3, 0.4) is 0 Å². The number of rotatable bonds is 8. The van der Waals surface area contributed by atoms with Gasteiger partial charge in [-0.2, -0.15) is 0 Å². The average Bonchev–Trinajstić information content (AvgIpc) is 3.12. The lowest BCUT2D eigenvalue weighted by molar-refractivity contribution is 0.0376. The first kappa shape index (κ1) is 18.2. The summed E-state index contributed by atoms with van der Waals surface area (Å²) in [6, 6.07) is 16.3. The molecule has 1 atom stereocenters. The van der Waals surface area contributed by atoms with Gasteiger partial charge in [-0.05, 0) is 29.8 Å². The van der Waals surface area contributed by atoms with Crippen molar-refractivity contribution in [3.05, 3.63) is 81.8 Å². The molecule has 1 N–H and O–H groups in total. The predicted molar refractivity (Wildman–Crippen MR) is 108 cm³/mol. The smallest absolute Gasteiger partial charge is 0.0946 e. The molecular formula is C19H19Br2N3O. The fraction of sp³-hybridized carbons (Fsp3) is 0.211. The zero-order valence-electron chi connectivity index (χ0n) is 13.6. The number of anilines is 1. The molecule has 0 bridgehead atoms. The van der Waals surface area contributed by atoms with Crippen LogP contribution >= 0.6 is 31.9 Å². The molecule has 0 aliphatic heterocycles. The maximum absolute atomic E-state index is 6.19. The molecule has 0 saturated carbocycles. The zero-order valence-corrected chi connectivity index (χ0v) is 16.8. The molecule has 3 rings (SSSR count). The van der Waals surface area contributed by atoms with E-state index in [2.05, 4.69) is 60.4 Å². The van der Waals surface area contributed by atoms with E-state index in [1.54, 1.807) is 6.20 Å². The normalized spacial score (nSPS) is 12.1. The molecule has 0 aliphatic rings. The summed E-state index contributed by atoms with van der Waals surface area (Å²) >= 11 is 7.07. The standard InChI is InChI=1S/C19H19Br2N3O/c20-16-7-6-15(19(21)10-16)13-25-18(12-24-9-8-22-14-24)11-23-17-4-2-1-3-5-17/h1-10,14,18,23H,11-13H2. The van der Waals surface area contributed by atoms with Crippen molar-refractivity contribution in [3.8, 4) is 0 Å². The highest BCUT2D eigenvalue weighted by atomic mass is 79.9. The van der Waals surface area contributed by atoms with Gasteiger partial charge in [-0.3, -0.25) is 0 Å². The van der Waals surface area contributed by atoms with Crippen LogP contribution in [-0.2, 0) is 17.9 Å². The van der Waals surface area contributed by atoms with Gasteiger partial charge in [0.2, 0.25) is 0 Å². The molecule has 1 heterocycles. The first-order valence-corrected chi connectivity index (χ1v) is 9.59. The Kier molecular flexibility index (Phi) is 6.67. The van der Waals surface area contributed by atoms with E-state index < -0.39 is 0 Å². The Bertz CT molecular complexity index is 779. The van der Waals surface area contributed by atoms with Gasteiger partial charge in [0, 0.05) is 33.6 Å². The average molecular weight is 465 g/mol. The van der Waals surface area contributed by atoms with Crippen LogP contribution in [0.2, 0.25) is 0 Å². The second kappa shape index (κ2) is 9.17. The highest BCUT2D eigenvalue weighted by Crippen LogP contribution is 2.23. The summed E-state index contributed by atoms with van der Waals surface area (Å²) in [5.41, 5.74) is 2.21. The number of para-hydroxylation sites is 1. The van der Waals surface area contributed by atoms with Crippen molar-refractivity contribution in [2.24, 2.45) is 0 Å². The Balaban J connectivity index is 1.63. The molecule has 0 saturated heterocycles. The minimum Gasteiger partial charge on any atom is -0.382 e. The van der Waals surface area contributed by atoms with Crippen molar-refractivity contribution in [2.45, 2.75) is 19.3 Å². The summed E-state index contributed by atoms with van der Waals surface area (Å²) in [7, 11) is 0. The molecular weight excluding hydrogens is 446 g/mol. The molecule has 1 aromatic heterocycles. The minimum absolute atomic E-state index is 0.0185. The summed E-state index contributed by atoms with van der Waals surface area (Å²) in [4.78, 5) is 4.11. The number of ether oxygens (including phenoxy) is 1. The SMILES string of the molecule is Brc1ccc(COC(CNc2ccccc2)Cn2ccnc2)c(Br)c1. The van der Waals surface area contributed by atoms with E-state index in [1.807, 2.05) is 47.4 Å². The molecule has 0 spiro atoms. The maximum atomic E-state index is 6.19. The van der Waals surface area contributed by atoms with Gasteiger partial charge in [-0.25, -0.2) is 4.98 Å². The fourth-order valence-corrected chi connectivity index (χ4v) is 3.60. The molecule has 3 aromatic rings. The second-order valence-electron chi connectivity index (χ2n) is 5.68. The Morgan fingerprint density at radius 2 is 1.96 bits per heavy atom. The van der Waals surface area contributed by atoms with Crippen molar-refractivity contribution in [3.63, 3.8) is 0 Å². The third-order valence-electron chi connectivity index (χ3n) is 3.77. The van der Waals surface area contributed by atoms with E-state index in [9.17, 15) is 0 Å². The molecule has 0 aliphatic carbocycles. The number of hydrogen-bond acceptors (Lipinski definition) is 3. The van der Waals surface area contributed by atoms with Gasteiger partial charge in [0.05, 0.1) is 25.6 Å². The van der Waals surface area contributed by atoms with Crippen LogP contribution in [-0.4, -0.2) is 22.2 Å². The lowest BCUT2D eigenvalue weighted by atomic mass is 10.2. The van der Waals surface area contributed by atoms with Gasteiger partial charge in [0.1, 0.15) is 0 Å². The van der Waals surface area contributed by atoms with Crippen LogP contribution in [0, 0.1) is 0 Å². The lowest BCUT2D eigenvalue weighted by Crippen LogP contribution is -2.28. The number of hydrogen-bond donors (Lipinski definition) is 1. The lowest BCUT2D eigenvalue weighted by Gasteiger charge is -2.20. The molecule has 6 heteroatoms. The summed E-state index contributed by atoms with van der Waals surface area (Å²) in [5.74, 6) is 0. The Labute approximate surface area is 164 Å². The number of halogens is 2. The molecule has 1 unspecified atom stereocenters. The largest absolute Gasteiger partial charge is 0.382 e. The maximum Gasteiger partial charge on any atom is 0.0946 e. The highest BCUT2D eigenvalue weighted by molar-refractivity contribution is 9.11. The van der Waals surface area contributed by atoms with Gasteiger partial charge in [0.15, 0.2) is 0 Å². The molecule has 25 heavy (non-hydrogen) atoms. The fourth-order valence-electron chi connectivity index (χ4n) is 2.44. The van der Waals surface area contributed by atoms with E-state index in [-0.39, 0.29) is 6.10 Å². The quantitative estimate of drug-likeness (QED) is 0.503. The van der Waals surface area contributed by atoms with Crippen molar-refractivity contribution < 1.29 is 4.74 Å². The molecule has 2 aromatic carbocycles. The molecule has 4 nitrogen and oxygen atoms in total. The highest BCUT2D eigenvalue weighted by Gasteiger charge is 2.12. The van der Waals surface area contributed by atoms with Gasteiger partial charge in [-0.15, -0.1) is 0 Å². The third-order valence-corrected chi connectivity index (χ3v) is 5.00. The summed E-state index contributed by atoms with van der Waals surface area (Å²) in [5, 5.41) is 3.44. The van der Waals surface area contributed by atoms with E-state index in [4.69, 9.17) is 4.74 Å². The first-order chi connectivity index (χ1) is 12.2. The molecule has 0 amide bonds. The number of nitrogens with one attached hydrogen (secondary N) is 1. The van der Waals surface area contributed by atoms with Crippen molar-refractivity contribution >= 4 is 37.5 Å². The minimum atomic E-state index is 0.0185. The van der Waals surface area contributed by atoms with Gasteiger partial charge < -0.3 is 14.6 Å². The van der Waals surface area contributed by atoms with E-state index in [0.717, 1.165) is 33.3 Å². The Hall–Kier alpha value is -1.63. The number of imidazole rings is 1. The van der Waals surface area contributed by atoms with Crippen LogP contribution in [0.5, 0.6) is 0 Å². The Morgan fingerprint density at radius 1 is 1.12 bits per heavy atom. The van der Waals surface area contributed by atoms with Crippen molar-refractivity contribution in [1.29, 1.82) is 0 Å². The molecule has 0 radical (unpaired) electrons. The molecule has 0 fully saturated rings. The van der Waals surface area contributed by atoms with Crippen LogP contribution < -0.4 is 5.32 Å². The number of aromatic nitrogens is 2. The van der Waals surface area contributed by atoms with Crippen LogP contribution in [0.1, 0.15) is 5.56 Å². The van der Waals surface area contributed by atoms with Crippen molar-refractivity contribution in [1.82, 2.24) is 9.55 Å². The van der Waals surface area contributed by atoms with Gasteiger partial charge >= 0.3 is 0 Å². The van der Waals surface area contributed by atoms with Crippen molar-refractivity contribution in [2.75, 3.05) is 11.9 Å². The monoisotopic (exact) mass is 463 g/mol. The summed E-state index contributed by atoms with van der Waals surface area (Å²) < 4.78 is 10.3. The van der Waals surface area contributed by atoms with E-state index in [1.165, 1.54) is 0 Å². The summed E-state index contributed by atoms with van der Waals surface area (Å²) in [6.45, 7) is 2.01. The third kappa shape index (κ3) is 5.70. The van der Waals surface area contributed by atoms with Gasteiger partial charge in [0.25, 0.3) is 0 Å². The second-order valence-corrected chi connectivity index (χ2v) is 7.45.